The normalized spacial score (nSPS) is 12.2. The summed E-state index contributed by atoms with van der Waals surface area (Å²) in [5.41, 5.74) is 0. The first-order valence-electron chi connectivity index (χ1n) is 3.84. The maximum Gasteiger partial charge on any atom is 2.00 e. The summed E-state index contributed by atoms with van der Waals surface area (Å²) in [6, 6.07) is 9.15. The van der Waals surface area contributed by atoms with Gasteiger partial charge in [0.25, 0.3) is 0 Å². The second-order valence-electron chi connectivity index (χ2n) is 2.69. The summed E-state index contributed by atoms with van der Waals surface area (Å²) in [7, 11) is 0. The number of rotatable bonds is 3. The first-order chi connectivity index (χ1) is 5.70. The molecule has 0 heterocycles. The van der Waals surface area contributed by atoms with Crippen molar-refractivity contribution in [2.75, 3.05) is 0 Å². The summed E-state index contributed by atoms with van der Waals surface area (Å²) >= 11 is -1.31. The Morgan fingerprint density at radius 1 is 1.31 bits per heavy atom. The van der Waals surface area contributed by atoms with Crippen molar-refractivity contribution in [2.24, 2.45) is 0 Å². The van der Waals surface area contributed by atoms with Crippen molar-refractivity contribution in [2.45, 2.75) is 24.8 Å². The molecule has 0 bridgehead atoms. The van der Waals surface area contributed by atoms with Crippen LogP contribution in [0.5, 0.6) is 0 Å². The van der Waals surface area contributed by atoms with Gasteiger partial charge in [-0.1, -0.05) is 18.2 Å². The molecule has 0 radical (unpaired) electrons. The number of benzene rings is 1. The summed E-state index contributed by atoms with van der Waals surface area (Å²) in [6.07, 6.45) is -0.00830. The van der Waals surface area contributed by atoms with Crippen LogP contribution in [0.2, 0.25) is 0 Å². The van der Waals surface area contributed by atoms with Gasteiger partial charge in [0.1, 0.15) is 0 Å². The molecule has 0 saturated carbocycles. The molecule has 2 nitrogen and oxygen atoms in total. The van der Waals surface area contributed by atoms with Crippen LogP contribution < -0.4 is 0 Å². The Hall–Kier alpha value is 0.590. The van der Waals surface area contributed by atoms with Crippen LogP contribution in [0.4, 0.5) is 0 Å². The molecule has 0 fully saturated rings. The monoisotopic (exact) mass is 226 g/mol. The molecule has 0 amide bonds. The molecule has 70 valence electrons. The van der Waals surface area contributed by atoms with Crippen molar-refractivity contribution in [3.8, 4) is 0 Å². The van der Waals surface area contributed by atoms with E-state index in [9.17, 15) is 4.21 Å². The van der Waals surface area contributed by atoms with E-state index in [1.165, 1.54) is 0 Å². The van der Waals surface area contributed by atoms with Crippen LogP contribution in [-0.4, -0.2) is 48.1 Å². The Labute approximate surface area is 114 Å². The van der Waals surface area contributed by atoms with Crippen LogP contribution in [0.3, 0.4) is 0 Å². The molecular weight excluding hydrogens is 212 g/mol. The second-order valence-corrected chi connectivity index (χ2v) is 3.83. The molecule has 0 aliphatic rings. The summed E-state index contributed by atoms with van der Waals surface area (Å²) in [5, 5.41) is 0. The Balaban J connectivity index is -0.000000480. The van der Waals surface area contributed by atoms with E-state index in [2.05, 4.69) is 0 Å². The Morgan fingerprint density at radius 2 is 1.85 bits per heavy atom. The van der Waals surface area contributed by atoms with Crippen molar-refractivity contribution < 1.29 is 11.2 Å². The van der Waals surface area contributed by atoms with E-state index in [-0.39, 0.29) is 46.7 Å². The third-order valence-corrected chi connectivity index (χ3v) is 2.43. The van der Waals surface area contributed by atoms with Crippen molar-refractivity contribution in [3.05, 3.63) is 30.3 Å². The van der Waals surface area contributed by atoms with E-state index in [1.54, 1.807) is 12.1 Å². The Kier molecular flexibility index (Phi) is 7.27. The average Bonchev–Trinajstić information content (AvgIpc) is 2.05. The fourth-order valence-corrected chi connectivity index (χ4v) is 1.60. The molecule has 0 aliphatic carbocycles. The SMILES string of the molecule is CC(C)OS(=O)c1ccccc1.[Ca+2].[H-].[H-]. The largest absolute Gasteiger partial charge is 2.00 e. The fraction of sp³-hybridized carbons (Fsp3) is 0.333. The standard InChI is InChI=1S/C9H12O2S.Ca.2H/c1-8(2)11-12(10)9-6-4-3-5-7-9;;;/h3-8H,1-2H3;;;/q;+2;2*-1. The molecule has 13 heavy (non-hydrogen) atoms. The van der Waals surface area contributed by atoms with E-state index in [0.717, 1.165) is 0 Å². The van der Waals surface area contributed by atoms with Gasteiger partial charge in [-0.05, 0) is 26.0 Å². The molecule has 1 atom stereocenters. The molecular formula is C9H14CaO2S. The first-order valence-corrected chi connectivity index (χ1v) is 4.91. The van der Waals surface area contributed by atoms with Crippen LogP contribution in [0.1, 0.15) is 16.7 Å². The second kappa shape index (κ2) is 6.96. The zero-order valence-corrected chi connectivity index (χ0v) is 10.9. The summed E-state index contributed by atoms with van der Waals surface area (Å²) in [5.74, 6) is 0. The molecule has 0 spiro atoms. The van der Waals surface area contributed by atoms with Gasteiger partial charge in [0.05, 0.1) is 11.0 Å². The molecule has 1 aromatic rings. The minimum Gasteiger partial charge on any atom is -1.00 e. The van der Waals surface area contributed by atoms with E-state index in [4.69, 9.17) is 4.18 Å². The fourth-order valence-electron chi connectivity index (χ4n) is 0.762. The number of hydrogen-bond acceptors (Lipinski definition) is 2. The van der Waals surface area contributed by atoms with Gasteiger partial charge in [0.2, 0.25) is 0 Å². The molecule has 1 aromatic carbocycles. The molecule has 4 heteroatoms. The van der Waals surface area contributed by atoms with Gasteiger partial charge >= 0.3 is 37.7 Å². The molecule has 0 aliphatic heterocycles. The molecule has 0 saturated heterocycles. The van der Waals surface area contributed by atoms with E-state index >= 15 is 0 Å². The van der Waals surface area contributed by atoms with Crippen molar-refractivity contribution in [1.82, 2.24) is 0 Å². The smallest absolute Gasteiger partial charge is 1.00 e. The summed E-state index contributed by atoms with van der Waals surface area (Å²) in [4.78, 5) is 0.714. The van der Waals surface area contributed by atoms with Crippen LogP contribution in [-0.2, 0) is 15.3 Å². The van der Waals surface area contributed by atoms with Gasteiger partial charge in [0.15, 0.2) is 11.1 Å². The number of hydrogen-bond donors (Lipinski definition) is 0. The maximum absolute atomic E-state index is 11.3. The molecule has 0 aromatic heterocycles. The van der Waals surface area contributed by atoms with Crippen LogP contribution >= 0.6 is 0 Å². The Bertz CT molecular complexity index is 270. The van der Waals surface area contributed by atoms with Gasteiger partial charge in [-0.2, -0.15) is 0 Å². The summed E-state index contributed by atoms with van der Waals surface area (Å²) in [6.45, 7) is 3.72. The minimum atomic E-state index is -1.31. The molecule has 1 rings (SSSR count). The first kappa shape index (κ1) is 13.6. The predicted octanol–water partition coefficient (Wildman–Crippen LogP) is 1.98. The van der Waals surface area contributed by atoms with E-state index in [0.29, 0.717) is 4.90 Å². The zero-order chi connectivity index (χ0) is 8.97. The van der Waals surface area contributed by atoms with E-state index in [1.807, 2.05) is 32.0 Å². The van der Waals surface area contributed by atoms with Gasteiger partial charge < -0.3 is 2.85 Å². The van der Waals surface area contributed by atoms with Gasteiger partial charge in [-0.15, -0.1) is 0 Å². The maximum atomic E-state index is 11.3. The van der Waals surface area contributed by atoms with Crippen LogP contribution in [0.15, 0.2) is 35.2 Å². The van der Waals surface area contributed by atoms with Crippen LogP contribution in [0.25, 0.3) is 0 Å². The minimum absolute atomic E-state index is 0. The van der Waals surface area contributed by atoms with E-state index < -0.39 is 11.1 Å². The van der Waals surface area contributed by atoms with Crippen LogP contribution in [0, 0.1) is 0 Å². The third kappa shape index (κ3) is 5.13. The van der Waals surface area contributed by atoms with Crippen molar-refractivity contribution in [3.63, 3.8) is 0 Å². The predicted molar refractivity (Wildman–Crippen MR) is 57.0 cm³/mol. The molecule has 1 unspecified atom stereocenters. The van der Waals surface area contributed by atoms with Gasteiger partial charge in [-0.3, -0.25) is 4.18 Å². The average molecular weight is 226 g/mol. The summed E-state index contributed by atoms with van der Waals surface area (Å²) < 4.78 is 16.5. The Morgan fingerprint density at radius 3 is 2.31 bits per heavy atom. The molecule has 0 N–H and O–H groups in total. The van der Waals surface area contributed by atoms with Gasteiger partial charge in [0, 0.05) is 0 Å². The quantitative estimate of drug-likeness (QED) is 0.737. The van der Waals surface area contributed by atoms with Crippen molar-refractivity contribution in [1.29, 1.82) is 0 Å². The topological polar surface area (TPSA) is 26.3 Å². The zero-order valence-electron chi connectivity index (χ0n) is 9.90. The van der Waals surface area contributed by atoms with Crippen molar-refractivity contribution >= 4 is 48.8 Å². The third-order valence-electron chi connectivity index (χ3n) is 1.22. The van der Waals surface area contributed by atoms with Gasteiger partial charge in [-0.25, -0.2) is 4.21 Å².